The molecule has 0 saturated heterocycles. The molecule has 148 valence electrons. The zero-order valence-corrected chi connectivity index (χ0v) is 18.9. The Morgan fingerprint density at radius 3 is 2.36 bits per heavy atom. The molecule has 28 heavy (non-hydrogen) atoms. The normalized spacial score (nSPS) is 12.8. The van der Waals surface area contributed by atoms with Crippen LogP contribution in [0.1, 0.15) is 51.6 Å². The SMILES string of the molecule is C=CC(C)(C)c1cc(=C)/c(=C\C)cc1N(C)C(=C)c1cccc(C(C)(C)S)n1. The van der Waals surface area contributed by atoms with Gasteiger partial charge in [0.15, 0.2) is 0 Å². The summed E-state index contributed by atoms with van der Waals surface area (Å²) < 4.78 is -0.315. The fourth-order valence-electron chi connectivity index (χ4n) is 3.07. The first-order valence-electron chi connectivity index (χ1n) is 9.48. The molecule has 0 N–H and O–H groups in total. The number of rotatable bonds is 6. The number of hydrogen-bond donors (Lipinski definition) is 1. The van der Waals surface area contributed by atoms with Crippen molar-refractivity contribution in [1.82, 2.24) is 4.98 Å². The van der Waals surface area contributed by atoms with Crippen LogP contribution in [0.25, 0.3) is 18.4 Å². The summed E-state index contributed by atoms with van der Waals surface area (Å²) in [6.07, 6.45) is 4.05. The number of allylic oxidation sites excluding steroid dienone is 1. The largest absolute Gasteiger partial charge is 0.343 e. The van der Waals surface area contributed by atoms with Crippen LogP contribution in [0.5, 0.6) is 0 Å². The number of thiol groups is 1. The zero-order chi connectivity index (χ0) is 21.3. The molecule has 2 nitrogen and oxygen atoms in total. The minimum atomic E-state index is -0.315. The molecule has 0 aliphatic rings. The predicted molar refractivity (Wildman–Crippen MR) is 128 cm³/mol. The topological polar surface area (TPSA) is 16.1 Å². The summed E-state index contributed by atoms with van der Waals surface area (Å²) in [7, 11) is 2.03. The van der Waals surface area contributed by atoms with E-state index >= 15 is 0 Å². The van der Waals surface area contributed by atoms with Crippen molar-refractivity contribution in [2.45, 2.75) is 44.8 Å². The van der Waals surface area contributed by atoms with E-state index in [0.717, 1.165) is 38.8 Å². The van der Waals surface area contributed by atoms with Crippen molar-refractivity contribution in [2.75, 3.05) is 11.9 Å². The van der Waals surface area contributed by atoms with Crippen LogP contribution < -0.4 is 15.3 Å². The second-order valence-corrected chi connectivity index (χ2v) is 9.37. The summed E-state index contributed by atoms with van der Waals surface area (Å²) in [5, 5.41) is 2.11. The van der Waals surface area contributed by atoms with E-state index in [0.29, 0.717) is 0 Å². The van der Waals surface area contributed by atoms with Crippen LogP contribution in [0.2, 0.25) is 0 Å². The van der Waals surface area contributed by atoms with E-state index in [1.165, 1.54) is 0 Å². The van der Waals surface area contributed by atoms with E-state index in [1.54, 1.807) is 0 Å². The number of pyridine rings is 1. The van der Waals surface area contributed by atoms with Crippen molar-refractivity contribution in [2.24, 2.45) is 0 Å². The second-order valence-electron chi connectivity index (χ2n) is 8.26. The van der Waals surface area contributed by atoms with Crippen LogP contribution in [0.3, 0.4) is 0 Å². The Bertz CT molecular complexity index is 1010. The molecule has 2 aromatic rings. The summed E-state index contributed by atoms with van der Waals surface area (Å²) in [6, 6.07) is 10.3. The van der Waals surface area contributed by atoms with Crippen LogP contribution in [-0.4, -0.2) is 12.0 Å². The molecule has 1 aromatic heterocycles. The fraction of sp³-hybridized carbons (Fsp3) is 0.320. The van der Waals surface area contributed by atoms with Crippen LogP contribution in [0.4, 0.5) is 5.69 Å². The molecule has 0 amide bonds. The van der Waals surface area contributed by atoms with Gasteiger partial charge in [0.05, 0.1) is 17.1 Å². The Morgan fingerprint density at radius 2 is 1.82 bits per heavy atom. The Kier molecular flexibility index (Phi) is 6.30. The molecule has 0 unspecified atom stereocenters. The van der Waals surface area contributed by atoms with E-state index < -0.39 is 0 Å². The summed E-state index contributed by atoms with van der Waals surface area (Å²) in [5.41, 5.74) is 4.63. The summed E-state index contributed by atoms with van der Waals surface area (Å²) in [4.78, 5) is 6.91. The fourth-order valence-corrected chi connectivity index (χ4v) is 3.20. The molecule has 0 spiro atoms. The first kappa shape index (κ1) is 22.0. The van der Waals surface area contributed by atoms with Gasteiger partial charge < -0.3 is 4.90 Å². The number of aromatic nitrogens is 1. The summed E-state index contributed by atoms with van der Waals surface area (Å²) in [6.45, 7) is 23.0. The second kappa shape index (κ2) is 8.00. The van der Waals surface area contributed by atoms with Gasteiger partial charge in [-0.3, -0.25) is 0 Å². The van der Waals surface area contributed by atoms with Gasteiger partial charge in [0, 0.05) is 22.9 Å². The highest BCUT2D eigenvalue weighted by Crippen LogP contribution is 2.34. The molecular formula is C25H32N2S. The quantitative estimate of drug-likeness (QED) is 0.548. The van der Waals surface area contributed by atoms with Crippen molar-refractivity contribution < 1.29 is 0 Å². The van der Waals surface area contributed by atoms with Crippen molar-refractivity contribution in [3.8, 4) is 0 Å². The van der Waals surface area contributed by atoms with Gasteiger partial charge >= 0.3 is 0 Å². The molecule has 2 rings (SSSR count). The van der Waals surface area contributed by atoms with E-state index in [9.17, 15) is 0 Å². The minimum Gasteiger partial charge on any atom is -0.343 e. The lowest BCUT2D eigenvalue weighted by Crippen LogP contribution is -2.31. The average molecular weight is 393 g/mol. The summed E-state index contributed by atoms with van der Waals surface area (Å²) in [5.74, 6) is 0. The number of hydrogen-bond acceptors (Lipinski definition) is 3. The number of anilines is 1. The van der Waals surface area contributed by atoms with Gasteiger partial charge in [-0.1, -0.05) is 45.2 Å². The summed E-state index contributed by atoms with van der Waals surface area (Å²) >= 11 is 4.66. The maximum atomic E-state index is 4.80. The zero-order valence-electron chi connectivity index (χ0n) is 18.0. The lowest BCUT2D eigenvalue weighted by atomic mass is 9.82. The van der Waals surface area contributed by atoms with Gasteiger partial charge in [-0.15, -0.1) is 6.58 Å². The van der Waals surface area contributed by atoms with Gasteiger partial charge in [0.1, 0.15) is 0 Å². The van der Waals surface area contributed by atoms with Crippen LogP contribution in [-0.2, 0) is 10.2 Å². The molecule has 0 fully saturated rings. The van der Waals surface area contributed by atoms with Crippen molar-refractivity contribution >= 4 is 36.7 Å². The third-order valence-electron chi connectivity index (χ3n) is 5.21. The average Bonchev–Trinajstić information content (AvgIpc) is 2.66. The Labute approximate surface area is 175 Å². The Hall–Kier alpha value is -2.26. The van der Waals surface area contributed by atoms with Gasteiger partial charge in [-0.25, -0.2) is 4.98 Å². The highest BCUT2D eigenvalue weighted by molar-refractivity contribution is 7.81. The molecule has 0 saturated carbocycles. The standard InChI is InChI=1S/C25H32N2S/c1-10-19-16-22(20(15-17(19)3)24(5,6)11-2)27(9)18(4)21-13-12-14-23(26-21)25(7,8)28/h10-16,28H,2-4H2,1,5-9H3/b19-10-. The van der Waals surface area contributed by atoms with Gasteiger partial charge in [-0.05, 0) is 61.0 Å². The van der Waals surface area contributed by atoms with E-state index in [1.807, 2.05) is 52.1 Å². The van der Waals surface area contributed by atoms with Gasteiger partial charge in [-0.2, -0.15) is 12.6 Å². The number of nitrogens with zero attached hydrogens (tertiary/aromatic N) is 2. The van der Waals surface area contributed by atoms with E-state index in [-0.39, 0.29) is 10.2 Å². The van der Waals surface area contributed by atoms with Crippen molar-refractivity contribution in [1.29, 1.82) is 0 Å². The van der Waals surface area contributed by atoms with E-state index in [2.05, 4.69) is 69.3 Å². The monoisotopic (exact) mass is 392 g/mol. The molecule has 0 radical (unpaired) electrons. The third-order valence-corrected chi connectivity index (χ3v) is 5.44. The van der Waals surface area contributed by atoms with Gasteiger partial charge in [0.25, 0.3) is 0 Å². The Morgan fingerprint density at radius 1 is 1.18 bits per heavy atom. The van der Waals surface area contributed by atoms with Gasteiger partial charge in [0.2, 0.25) is 0 Å². The van der Waals surface area contributed by atoms with Crippen molar-refractivity contribution in [3.05, 3.63) is 77.0 Å². The van der Waals surface area contributed by atoms with Crippen molar-refractivity contribution in [3.63, 3.8) is 0 Å². The van der Waals surface area contributed by atoms with Crippen LogP contribution in [0, 0.1) is 0 Å². The maximum absolute atomic E-state index is 4.80. The lowest BCUT2D eigenvalue weighted by Gasteiger charge is -2.31. The first-order valence-corrected chi connectivity index (χ1v) is 9.93. The predicted octanol–water partition coefficient (Wildman–Crippen LogP) is 5.03. The highest BCUT2D eigenvalue weighted by Gasteiger charge is 2.24. The third kappa shape index (κ3) is 4.41. The molecule has 0 bridgehead atoms. The van der Waals surface area contributed by atoms with Crippen LogP contribution in [0.15, 0.2) is 49.6 Å². The molecule has 3 heteroatoms. The molecular weight excluding hydrogens is 360 g/mol. The number of benzene rings is 1. The van der Waals surface area contributed by atoms with Crippen LogP contribution >= 0.6 is 12.6 Å². The smallest absolute Gasteiger partial charge is 0.0864 e. The first-order chi connectivity index (χ1) is 12.9. The maximum Gasteiger partial charge on any atom is 0.0864 e. The molecule has 0 aliphatic carbocycles. The molecule has 0 atom stereocenters. The molecule has 0 aliphatic heterocycles. The van der Waals surface area contributed by atoms with E-state index in [4.69, 9.17) is 4.98 Å². The minimum absolute atomic E-state index is 0.203. The lowest BCUT2D eigenvalue weighted by molar-refractivity contribution is 0.670. The highest BCUT2D eigenvalue weighted by atomic mass is 32.1. The Balaban J connectivity index is 2.63. The molecule has 1 heterocycles. The molecule has 1 aromatic carbocycles.